The van der Waals surface area contributed by atoms with Crippen LogP contribution in [0, 0.1) is 0 Å². The highest BCUT2D eigenvalue weighted by Crippen LogP contribution is 2.37. The SMILES string of the molecule is CCOC(=O)C(CC(O)c1ccccc1)N[C@H]1CCc2ccccc2N(CC(C)=O)C1=O.CCOC(=O)C(CCc1ccccc1)N[C@H]1CCc2ccccc2N(CC(C)=O)C1=O.CCOC(=O)C1CC(c2ccccc2)OC(=O)N1[C@H]1CCc2ccccc2N(CC(C)=O)C1=O.CCl.S.S.S. The van der Waals surface area contributed by atoms with Gasteiger partial charge in [-0.05, 0) is 144 Å². The Morgan fingerprint density at radius 3 is 1.36 bits per heavy atom. The van der Waals surface area contributed by atoms with E-state index >= 15 is 0 Å². The summed E-state index contributed by atoms with van der Waals surface area (Å²) >= 11 is 4.64. The van der Waals surface area contributed by atoms with Gasteiger partial charge in [-0.1, -0.05) is 146 Å². The predicted octanol–water partition coefficient (Wildman–Crippen LogP) is 10.3. The summed E-state index contributed by atoms with van der Waals surface area (Å²) in [6, 6.07) is 46.0. The summed E-state index contributed by atoms with van der Waals surface area (Å²) in [6.07, 6.45) is 3.74. The van der Waals surface area contributed by atoms with E-state index in [0.717, 1.165) is 33.5 Å². The lowest BCUT2D eigenvalue weighted by Crippen LogP contribution is -2.60. The number of hydrogen-bond acceptors (Lipinski definition) is 17. The van der Waals surface area contributed by atoms with Gasteiger partial charge in [0.2, 0.25) is 17.7 Å². The molecular formula is C77H97ClN6O15S3. The Kier molecular flexibility index (Phi) is 36.7. The molecule has 4 aliphatic heterocycles. The average Bonchev–Trinajstić information content (AvgIpc) is 1.36. The average molecular weight is 1480 g/mol. The standard InChI is InChI=1S/C26H28N2O6.C25H30N2O5.C25H30N2O4.CH3Cl.3H2S/c1-3-33-25(31)22-15-23(19-10-5-4-6-11-19)34-26(32)28(22)21-14-13-18-9-7-8-12-20(18)27(24(21)30)16-17(2)29;1-3-32-25(31)21(15-23(29)19-10-5-4-6-11-19)26-20-14-13-18-9-7-8-12-22(18)27(24(20)30)16-17(2)28;1-3-31-25(30)22(15-13-19-9-5-4-6-10-19)26-21-16-14-20-11-7-8-12-23(20)27(24(21)29)17-18(2)28;1-2;;;/h4-12,21-23H,3,13-16H2,1-2H3;4-12,20-21,23,26,29H,3,13-16H2,1-2H3;4-12,21-22,26H,3,13-17H2,1-2H3;1H3;3*1H2/t21-,22?,23?;20-,21?,23?;21-,22?;;;;/m000..../s1. The maximum atomic E-state index is 13.7. The number of nitrogens with zero attached hydrogens (tertiary/aromatic N) is 4. The van der Waals surface area contributed by atoms with E-state index in [1.54, 1.807) is 49.9 Å². The third kappa shape index (κ3) is 23.9. The van der Waals surface area contributed by atoms with E-state index in [1.165, 1.54) is 41.9 Å². The Morgan fingerprint density at radius 2 is 0.912 bits per heavy atom. The first-order valence-electron chi connectivity index (χ1n) is 33.7. The van der Waals surface area contributed by atoms with E-state index in [2.05, 4.69) is 22.2 Å². The number of alkyl halides is 1. The van der Waals surface area contributed by atoms with Crippen molar-refractivity contribution >= 4 is 128 Å². The number of aryl methyl sites for hydroxylation is 4. The smallest absolute Gasteiger partial charge is 0.411 e. The lowest BCUT2D eigenvalue weighted by molar-refractivity contribution is -0.155. The van der Waals surface area contributed by atoms with Crippen molar-refractivity contribution in [3.05, 3.63) is 197 Å². The number of rotatable bonds is 24. The Balaban J connectivity index is 0.000000316. The number of carbonyl (C=O) groups excluding carboxylic acids is 10. The van der Waals surface area contributed by atoms with Gasteiger partial charge in [-0.25, -0.2) is 9.59 Å². The van der Waals surface area contributed by atoms with Crippen LogP contribution in [0.1, 0.15) is 126 Å². The van der Waals surface area contributed by atoms with Gasteiger partial charge < -0.3 is 38.8 Å². The Bertz CT molecular complexity index is 3730. The van der Waals surface area contributed by atoms with Crippen LogP contribution in [0.3, 0.4) is 0 Å². The van der Waals surface area contributed by atoms with Crippen molar-refractivity contribution < 1.29 is 72.0 Å². The zero-order chi connectivity index (χ0) is 71.5. The molecule has 8 atom stereocenters. The normalized spacial score (nSPS) is 18.3. The number of esters is 3. The second kappa shape index (κ2) is 43.6. The summed E-state index contributed by atoms with van der Waals surface area (Å²) in [6.45, 7) is 10.00. The van der Waals surface area contributed by atoms with Gasteiger partial charge in [0, 0.05) is 36.3 Å². The summed E-state index contributed by atoms with van der Waals surface area (Å²) in [5, 5.41) is 17.1. The molecule has 21 nitrogen and oxygen atoms in total. The Morgan fingerprint density at radius 1 is 0.520 bits per heavy atom. The van der Waals surface area contributed by atoms with Crippen LogP contribution in [0.5, 0.6) is 0 Å². The molecule has 0 aliphatic carbocycles. The van der Waals surface area contributed by atoms with Crippen LogP contribution < -0.4 is 25.3 Å². The zero-order valence-electron chi connectivity index (χ0n) is 58.9. The first-order chi connectivity index (χ1) is 47.8. The summed E-state index contributed by atoms with van der Waals surface area (Å²) in [5.74, 6) is -2.72. The highest BCUT2D eigenvalue weighted by molar-refractivity contribution is 7.59. The van der Waals surface area contributed by atoms with Crippen molar-refractivity contribution in [1.82, 2.24) is 15.5 Å². The molecule has 6 aromatic carbocycles. The quantitative estimate of drug-likeness (QED) is 0.0289. The summed E-state index contributed by atoms with van der Waals surface area (Å²) in [4.78, 5) is 134. The van der Waals surface area contributed by atoms with E-state index < -0.39 is 72.4 Å². The van der Waals surface area contributed by atoms with E-state index in [1.807, 2.05) is 140 Å². The molecule has 0 spiro atoms. The number of ether oxygens (including phenoxy) is 4. The van der Waals surface area contributed by atoms with Gasteiger partial charge in [-0.3, -0.25) is 53.9 Å². The van der Waals surface area contributed by atoms with Gasteiger partial charge in [-0.2, -0.15) is 40.5 Å². The monoisotopic (exact) mass is 1480 g/mol. The molecule has 3 N–H and O–H groups in total. The van der Waals surface area contributed by atoms with Crippen LogP contribution >= 0.6 is 52.1 Å². The third-order valence-corrected chi connectivity index (χ3v) is 17.2. The molecule has 4 aliphatic rings. The summed E-state index contributed by atoms with van der Waals surface area (Å²) < 4.78 is 21.5. The van der Waals surface area contributed by atoms with E-state index in [0.29, 0.717) is 68.3 Å². The molecule has 25 heteroatoms. The van der Waals surface area contributed by atoms with Crippen molar-refractivity contribution in [3.63, 3.8) is 0 Å². The lowest BCUT2D eigenvalue weighted by atomic mass is 9.96. The van der Waals surface area contributed by atoms with Crippen LogP contribution in [-0.4, -0.2) is 151 Å². The fraction of sp³-hybridized carbons (Fsp3) is 0.403. The number of amides is 4. The van der Waals surface area contributed by atoms with E-state index in [9.17, 15) is 53.1 Å². The van der Waals surface area contributed by atoms with Gasteiger partial charge in [0.25, 0.3) is 0 Å². The zero-order valence-corrected chi connectivity index (χ0v) is 62.6. The second-order valence-electron chi connectivity index (χ2n) is 24.3. The van der Waals surface area contributed by atoms with Crippen LogP contribution in [0.2, 0.25) is 0 Å². The first-order valence-corrected chi connectivity index (χ1v) is 34.4. The van der Waals surface area contributed by atoms with Gasteiger partial charge in [0.05, 0.1) is 57.6 Å². The third-order valence-electron chi connectivity index (χ3n) is 17.2. The van der Waals surface area contributed by atoms with Crippen molar-refractivity contribution in [3.8, 4) is 0 Å². The maximum absolute atomic E-state index is 13.7. The van der Waals surface area contributed by atoms with Gasteiger partial charge in [0.1, 0.15) is 47.6 Å². The second-order valence-corrected chi connectivity index (χ2v) is 24.3. The van der Waals surface area contributed by atoms with Crippen LogP contribution in [0.15, 0.2) is 164 Å². The molecular weight excluding hydrogens is 1380 g/mol. The Labute approximate surface area is 624 Å². The molecule has 4 heterocycles. The fourth-order valence-electron chi connectivity index (χ4n) is 12.7. The molecule has 4 amide bonds. The minimum atomic E-state index is -0.985. The van der Waals surface area contributed by atoms with Crippen molar-refractivity contribution in [2.45, 2.75) is 154 Å². The number of benzene rings is 6. The number of anilines is 3. The number of aliphatic hydroxyl groups is 1. The molecule has 10 rings (SSSR count). The molecule has 1 fully saturated rings. The number of halogens is 1. The molecule has 102 heavy (non-hydrogen) atoms. The van der Waals surface area contributed by atoms with Crippen molar-refractivity contribution in [2.75, 3.05) is 60.5 Å². The highest BCUT2D eigenvalue weighted by Gasteiger charge is 2.48. The highest BCUT2D eigenvalue weighted by atomic mass is 35.5. The molecule has 0 bridgehead atoms. The van der Waals surface area contributed by atoms with Crippen LogP contribution in [-0.2, 0) is 87.8 Å². The number of fused-ring (bicyclic) bond motifs is 3. The Hall–Kier alpha value is -8.36. The van der Waals surface area contributed by atoms with Gasteiger partial charge >= 0.3 is 24.0 Å². The van der Waals surface area contributed by atoms with Crippen molar-refractivity contribution in [1.29, 1.82) is 0 Å². The van der Waals surface area contributed by atoms with Gasteiger partial charge in [0.15, 0.2) is 0 Å². The van der Waals surface area contributed by atoms with E-state index in [4.69, 9.17) is 18.9 Å². The number of para-hydroxylation sites is 3. The number of hydrogen-bond donors (Lipinski definition) is 3. The minimum absolute atomic E-state index is 0. The van der Waals surface area contributed by atoms with Crippen molar-refractivity contribution in [2.24, 2.45) is 0 Å². The molecule has 6 aromatic rings. The minimum Gasteiger partial charge on any atom is -0.465 e. The number of cyclic esters (lactones) is 1. The molecule has 1 saturated heterocycles. The fourth-order valence-corrected chi connectivity index (χ4v) is 12.7. The van der Waals surface area contributed by atoms with Crippen LogP contribution in [0.25, 0.3) is 0 Å². The molecule has 550 valence electrons. The molecule has 0 radical (unpaired) electrons. The number of nitrogens with one attached hydrogen (secondary N) is 2. The number of carbonyl (C=O) groups is 10. The number of ketones is 3. The maximum Gasteiger partial charge on any atom is 0.411 e. The van der Waals surface area contributed by atoms with E-state index in [-0.39, 0.29) is 128 Å². The number of aliphatic hydroxyl groups excluding tert-OH is 1. The lowest BCUT2D eigenvalue weighted by Gasteiger charge is -2.41. The largest absolute Gasteiger partial charge is 0.465 e. The molecule has 5 unspecified atom stereocenters. The van der Waals surface area contributed by atoms with Crippen LogP contribution in [0.4, 0.5) is 21.9 Å². The van der Waals surface area contributed by atoms with Gasteiger partial charge in [-0.15, -0.1) is 11.6 Å². The predicted molar refractivity (Wildman–Crippen MR) is 408 cm³/mol. The first kappa shape index (κ1) is 86.0. The summed E-state index contributed by atoms with van der Waals surface area (Å²) in [5.41, 5.74) is 7.60. The topological polar surface area (TPSA) is 265 Å². The summed E-state index contributed by atoms with van der Waals surface area (Å²) in [7, 11) is 0. The molecule has 0 saturated carbocycles. The molecule has 0 aromatic heterocycles. The number of Topliss-reactive ketones (excluding diaryl/α,β-unsaturated/α-hetero) is 3.